The van der Waals surface area contributed by atoms with Crippen LogP contribution in [-0.4, -0.2) is 62.4 Å². The molecule has 1 fully saturated rings. The number of likely N-dealkylation sites (tertiary alicyclic amines) is 1. The van der Waals surface area contributed by atoms with E-state index in [-0.39, 0.29) is 12.0 Å². The molecule has 0 aromatic heterocycles. The molecule has 1 saturated heterocycles. The van der Waals surface area contributed by atoms with Crippen molar-refractivity contribution in [3.8, 4) is 0 Å². The van der Waals surface area contributed by atoms with Crippen LogP contribution >= 0.6 is 0 Å². The minimum atomic E-state index is -0.590. The highest BCUT2D eigenvalue weighted by Gasteiger charge is 2.34. The van der Waals surface area contributed by atoms with Crippen molar-refractivity contribution in [1.82, 2.24) is 10.2 Å². The van der Waals surface area contributed by atoms with Crippen molar-refractivity contribution in [3.63, 3.8) is 0 Å². The summed E-state index contributed by atoms with van der Waals surface area (Å²) in [7, 11) is 3.25. The van der Waals surface area contributed by atoms with Gasteiger partial charge in [-0.2, -0.15) is 0 Å². The molecule has 0 bridgehead atoms. The van der Waals surface area contributed by atoms with E-state index in [9.17, 15) is 4.79 Å². The molecule has 0 aliphatic carbocycles. The van der Waals surface area contributed by atoms with Gasteiger partial charge in [-0.15, -0.1) is 0 Å². The maximum atomic E-state index is 12.0. The summed E-state index contributed by atoms with van der Waals surface area (Å²) in [5.41, 5.74) is -0.590. The molecule has 124 valence electrons. The summed E-state index contributed by atoms with van der Waals surface area (Å²) in [5.74, 6) is -0.172. The molecule has 0 aromatic rings. The lowest BCUT2D eigenvalue weighted by Crippen LogP contribution is -2.53. The van der Waals surface area contributed by atoms with Gasteiger partial charge in [0.15, 0.2) is 0 Å². The average Bonchev–Trinajstić information content (AvgIpc) is 2.46. The van der Waals surface area contributed by atoms with Crippen molar-refractivity contribution in [1.29, 1.82) is 0 Å². The molecule has 1 N–H and O–H groups in total. The van der Waals surface area contributed by atoms with Crippen LogP contribution in [0.5, 0.6) is 0 Å². The van der Waals surface area contributed by atoms with Gasteiger partial charge in [0.25, 0.3) is 0 Å². The molecule has 21 heavy (non-hydrogen) atoms. The molecular formula is C16H32N2O3. The van der Waals surface area contributed by atoms with E-state index >= 15 is 0 Å². The minimum absolute atomic E-state index is 0.172. The van der Waals surface area contributed by atoms with Gasteiger partial charge in [0.05, 0.1) is 13.2 Å². The summed E-state index contributed by atoms with van der Waals surface area (Å²) in [6, 6.07) is 0.256. The highest BCUT2D eigenvalue weighted by Crippen LogP contribution is 2.18. The lowest BCUT2D eigenvalue weighted by Gasteiger charge is -2.33. The number of carbonyl (C=O) groups excluding carboxylic acids is 1. The number of carbonyl (C=O) groups is 1. The molecule has 1 heterocycles. The third-order valence-electron chi connectivity index (χ3n) is 4.26. The summed E-state index contributed by atoms with van der Waals surface area (Å²) in [5, 5.41) is 3.35. The van der Waals surface area contributed by atoms with Gasteiger partial charge in [-0.3, -0.25) is 10.1 Å². The smallest absolute Gasteiger partial charge is 0.325 e. The first kappa shape index (κ1) is 18.4. The molecule has 1 aliphatic rings. The standard InChI is InChI=1S/C16H32N2O3/c1-13(2)17-16(3,15(19)21-5)9-6-10-18-11-7-14(20-4)8-12-18/h13-14,17H,6-12H2,1-5H3. The zero-order valence-electron chi connectivity index (χ0n) is 14.3. The number of esters is 1. The summed E-state index contributed by atoms with van der Waals surface area (Å²) in [6.45, 7) is 9.25. The van der Waals surface area contributed by atoms with Crippen LogP contribution in [0.4, 0.5) is 0 Å². The summed E-state index contributed by atoms with van der Waals surface area (Å²) < 4.78 is 10.3. The number of ether oxygens (including phenoxy) is 2. The second-order valence-electron chi connectivity index (χ2n) is 6.50. The zero-order valence-corrected chi connectivity index (χ0v) is 14.3. The van der Waals surface area contributed by atoms with Gasteiger partial charge in [-0.05, 0) is 53.0 Å². The Labute approximate surface area is 129 Å². The van der Waals surface area contributed by atoms with Gasteiger partial charge in [0.1, 0.15) is 5.54 Å². The Morgan fingerprint density at radius 3 is 2.43 bits per heavy atom. The van der Waals surface area contributed by atoms with E-state index in [0.717, 1.165) is 45.3 Å². The van der Waals surface area contributed by atoms with Crippen molar-refractivity contribution < 1.29 is 14.3 Å². The predicted molar refractivity (Wildman–Crippen MR) is 84.4 cm³/mol. The zero-order chi connectivity index (χ0) is 15.9. The SMILES string of the molecule is COC(=O)C(C)(CCCN1CCC(OC)CC1)NC(C)C. The van der Waals surface area contributed by atoms with Gasteiger partial charge >= 0.3 is 5.97 Å². The Kier molecular flexibility index (Phi) is 7.63. The Balaban J connectivity index is 2.38. The molecule has 0 aromatic carbocycles. The molecule has 0 amide bonds. The summed E-state index contributed by atoms with van der Waals surface area (Å²) in [4.78, 5) is 14.5. The molecule has 1 unspecified atom stereocenters. The van der Waals surface area contributed by atoms with Gasteiger partial charge in [0.2, 0.25) is 0 Å². The molecular weight excluding hydrogens is 268 g/mol. The fraction of sp³-hybridized carbons (Fsp3) is 0.938. The quantitative estimate of drug-likeness (QED) is 0.693. The third-order valence-corrected chi connectivity index (χ3v) is 4.26. The Bertz CT molecular complexity index is 315. The topological polar surface area (TPSA) is 50.8 Å². The van der Waals surface area contributed by atoms with Crippen molar-refractivity contribution in [2.75, 3.05) is 33.9 Å². The first-order chi connectivity index (χ1) is 9.91. The monoisotopic (exact) mass is 300 g/mol. The molecule has 1 rings (SSSR count). The molecule has 5 nitrogen and oxygen atoms in total. The van der Waals surface area contributed by atoms with Crippen LogP contribution in [0.3, 0.4) is 0 Å². The lowest BCUT2D eigenvalue weighted by molar-refractivity contribution is -0.148. The van der Waals surface area contributed by atoms with Crippen LogP contribution in [-0.2, 0) is 14.3 Å². The van der Waals surface area contributed by atoms with Crippen LogP contribution in [0.2, 0.25) is 0 Å². The van der Waals surface area contributed by atoms with Crippen molar-refractivity contribution in [3.05, 3.63) is 0 Å². The maximum Gasteiger partial charge on any atom is 0.325 e. The molecule has 0 radical (unpaired) electrons. The van der Waals surface area contributed by atoms with Crippen LogP contribution in [0.15, 0.2) is 0 Å². The number of hydrogen-bond acceptors (Lipinski definition) is 5. The van der Waals surface area contributed by atoms with Gasteiger partial charge in [-0.1, -0.05) is 0 Å². The van der Waals surface area contributed by atoms with E-state index in [2.05, 4.69) is 24.1 Å². The van der Waals surface area contributed by atoms with E-state index in [1.54, 1.807) is 7.11 Å². The fourth-order valence-corrected chi connectivity index (χ4v) is 3.12. The predicted octanol–water partition coefficient (Wildman–Crippen LogP) is 1.81. The van der Waals surface area contributed by atoms with E-state index in [1.165, 1.54) is 7.11 Å². The Morgan fingerprint density at radius 1 is 1.33 bits per heavy atom. The lowest BCUT2D eigenvalue weighted by atomic mass is 9.94. The number of nitrogens with zero attached hydrogens (tertiary/aromatic N) is 1. The maximum absolute atomic E-state index is 12.0. The highest BCUT2D eigenvalue weighted by atomic mass is 16.5. The van der Waals surface area contributed by atoms with Gasteiger partial charge in [-0.25, -0.2) is 0 Å². The highest BCUT2D eigenvalue weighted by molar-refractivity contribution is 5.80. The van der Waals surface area contributed by atoms with Gasteiger partial charge in [0, 0.05) is 26.2 Å². The normalized spacial score (nSPS) is 20.5. The first-order valence-corrected chi connectivity index (χ1v) is 8.02. The molecule has 0 spiro atoms. The molecule has 0 saturated carbocycles. The van der Waals surface area contributed by atoms with Crippen molar-refractivity contribution >= 4 is 5.97 Å². The number of methoxy groups -OCH3 is 2. The van der Waals surface area contributed by atoms with Crippen LogP contribution in [0, 0.1) is 0 Å². The molecule has 1 aliphatic heterocycles. The third kappa shape index (κ3) is 5.93. The van der Waals surface area contributed by atoms with E-state index in [0.29, 0.717) is 6.10 Å². The number of piperidine rings is 1. The van der Waals surface area contributed by atoms with E-state index in [4.69, 9.17) is 9.47 Å². The number of hydrogen-bond donors (Lipinski definition) is 1. The minimum Gasteiger partial charge on any atom is -0.468 e. The first-order valence-electron chi connectivity index (χ1n) is 8.02. The second-order valence-corrected chi connectivity index (χ2v) is 6.50. The second kappa shape index (κ2) is 8.71. The Hall–Kier alpha value is -0.650. The van der Waals surface area contributed by atoms with Crippen LogP contribution < -0.4 is 5.32 Å². The van der Waals surface area contributed by atoms with Crippen LogP contribution in [0.1, 0.15) is 46.5 Å². The molecule has 5 heteroatoms. The summed E-state index contributed by atoms with van der Waals surface area (Å²) >= 11 is 0. The summed E-state index contributed by atoms with van der Waals surface area (Å²) in [6.07, 6.45) is 4.42. The number of rotatable bonds is 8. The Morgan fingerprint density at radius 2 is 1.95 bits per heavy atom. The number of nitrogens with one attached hydrogen (secondary N) is 1. The largest absolute Gasteiger partial charge is 0.468 e. The average molecular weight is 300 g/mol. The molecule has 1 atom stereocenters. The van der Waals surface area contributed by atoms with Crippen molar-refractivity contribution in [2.45, 2.75) is 64.1 Å². The van der Waals surface area contributed by atoms with E-state index in [1.807, 2.05) is 6.92 Å². The van der Waals surface area contributed by atoms with Crippen LogP contribution in [0.25, 0.3) is 0 Å². The van der Waals surface area contributed by atoms with Gasteiger partial charge < -0.3 is 14.4 Å². The van der Waals surface area contributed by atoms with Crippen molar-refractivity contribution in [2.24, 2.45) is 0 Å². The fourth-order valence-electron chi connectivity index (χ4n) is 3.12. The van der Waals surface area contributed by atoms with E-state index < -0.39 is 5.54 Å².